The third-order valence-corrected chi connectivity index (χ3v) is 2.52. The Morgan fingerprint density at radius 1 is 1.30 bits per heavy atom. The van der Waals surface area contributed by atoms with Gasteiger partial charge < -0.3 is 9.84 Å². The normalized spacial score (nSPS) is 9.75. The van der Waals surface area contributed by atoms with E-state index in [4.69, 9.17) is 9.84 Å². The summed E-state index contributed by atoms with van der Waals surface area (Å²) in [7, 11) is 0. The Bertz CT molecular complexity index is 659. The van der Waals surface area contributed by atoms with E-state index >= 15 is 0 Å². The van der Waals surface area contributed by atoms with Gasteiger partial charge in [-0.3, -0.25) is 4.98 Å². The Morgan fingerprint density at radius 3 is 2.90 bits per heavy atom. The molecule has 0 radical (unpaired) electrons. The lowest BCUT2D eigenvalue weighted by Gasteiger charge is -2.07. The standard InChI is InChI=1S/C16H14FNO2/c1-12-4-2-6-15(18-12)11-20-16-9-13(5-3-7-19)8-14(17)10-16/h2,4,6,8-10,19H,7,11H2,1H3. The molecule has 0 aliphatic rings. The molecular formula is C16H14FNO2. The smallest absolute Gasteiger partial charge is 0.130 e. The summed E-state index contributed by atoms with van der Waals surface area (Å²) in [5.74, 6) is 5.07. The number of halogens is 1. The van der Waals surface area contributed by atoms with Gasteiger partial charge in [0, 0.05) is 17.3 Å². The van der Waals surface area contributed by atoms with E-state index in [2.05, 4.69) is 16.8 Å². The highest BCUT2D eigenvalue weighted by molar-refractivity contribution is 5.40. The maximum absolute atomic E-state index is 13.4. The number of aliphatic hydroxyl groups excluding tert-OH is 1. The van der Waals surface area contributed by atoms with Crippen molar-refractivity contribution in [3.63, 3.8) is 0 Å². The third-order valence-electron chi connectivity index (χ3n) is 2.52. The number of hydrogen-bond donors (Lipinski definition) is 1. The summed E-state index contributed by atoms with van der Waals surface area (Å²) in [6.07, 6.45) is 0. The van der Waals surface area contributed by atoms with Crippen LogP contribution in [-0.4, -0.2) is 16.7 Å². The monoisotopic (exact) mass is 271 g/mol. The fourth-order valence-electron chi connectivity index (χ4n) is 1.70. The molecule has 1 heterocycles. The number of rotatable bonds is 3. The van der Waals surface area contributed by atoms with Gasteiger partial charge in [-0.25, -0.2) is 4.39 Å². The quantitative estimate of drug-likeness (QED) is 0.872. The molecule has 3 nitrogen and oxygen atoms in total. The van der Waals surface area contributed by atoms with E-state index in [-0.39, 0.29) is 13.2 Å². The molecule has 20 heavy (non-hydrogen) atoms. The summed E-state index contributed by atoms with van der Waals surface area (Å²) in [6.45, 7) is 1.90. The average Bonchev–Trinajstić information content (AvgIpc) is 2.42. The van der Waals surface area contributed by atoms with Crippen LogP contribution < -0.4 is 4.74 Å². The van der Waals surface area contributed by atoms with Crippen LogP contribution >= 0.6 is 0 Å². The summed E-state index contributed by atoms with van der Waals surface area (Å²) in [5.41, 5.74) is 2.14. The predicted molar refractivity (Wildman–Crippen MR) is 73.7 cm³/mol. The number of aromatic nitrogens is 1. The molecular weight excluding hydrogens is 257 g/mol. The maximum atomic E-state index is 13.4. The molecule has 0 aliphatic heterocycles. The molecule has 2 aromatic rings. The van der Waals surface area contributed by atoms with Gasteiger partial charge in [0.1, 0.15) is 24.8 Å². The van der Waals surface area contributed by atoms with Crippen LogP contribution in [0.4, 0.5) is 4.39 Å². The largest absolute Gasteiger partial charge is 0.487 e. The molecule has 0 unspecified atom stereocenters. The predicted octanol–water partition coefficient (Wildman–Crippen LogP) is 2.45. The van der Waals surface area contributed by atoms with Gasteiger partial charge in [0.25, 0.3) is 0 Å². The number of hydrogen-bond acceptors (Lipinski definition) is 3. The van der Waals surface area contributed by atoms with E-state index in [1.807, 2.05) is 25.1 Å². The minimum Gasteiger partial charge on any atom is -0.487 e. The van der Waals surface area contributed by atoms with Crippen LogP contribution in [0.2, 0.25) is 0 Å². The van der Waals surface area contributed by atoms with E-state index < -0.39 is 5.82 Å². The van der Waals surface area contributed by atoms with E-state index in [0.29, 0.717) is 11.3 Å². The number of pyridine rings is 1. The van der Waals surface area contributed by atoms with Crippen LogP contribution in [0.3, 0.4) is 0 Å². The highest BCUT2D eigenvalue weighted by Gasteiger charge is 2.02. The first kappa shape index (κ1) is 14.0. The Labute approximate surface area is 117 Å². The van der Waals surface area contributed by atoms with Gasteiger partial charge in [-0.2, -0.15) is 0 Å². The molecule has 1 aromatic heterocycles. The van der Waals surface area contributed by atoms with Crippen molar-refractivity contribution in [2.45, 2.75) is 13.5 Å². The molecule has 102 valence electrons. The number of aryl methyl sites for hydroxylation is 1. The van der Waals surface area contributed by atoms with Crippen molar-refractivity contribution in [2.75, 3.05) is 6.61 Å². The molecule has 0 spiro atoms. The number of aliphatic hydroxyl groups is 1. The Hall–Kier alpha value is -2.38. The molecule has 1 N–H and O–H groups in total. The van der Waals surface area contributed by atoms with Crippen molar-refractivity contribution in [1.82, 2.24) is 4.98 Å². The van der Waals surface area contributed by atoms with Crippen molar-refractivity contribution in [1.29, 1.82) is 0 Å². The molecule has 1 aromatic carbocycles. The first-order valence-electron chi connectivity index (χ1n) is 6.13. The van der Waals surface area contributed by atoms with E-state index in [1.165, 1.54) is 12.1 Å². The molecule has 0 fully saturated rings. The molecule has 0 saturated heterocycles. The van der Waals surface area contributed by atoms with Gasteiger partial charge >= 0.3 is 0 Å². The highest BCUT2D eigenvalue weighted by atomic mass is 19.1. The Kier molecular flexibility index (Phi) is 4.70. The Morgan fingerprint density at radius 2 is 2.15 bits per heavy atom. The van der Waals surface area contributed by atoms with Crippen LogP contribution in [0.15, 0.2) is 36.4 Å². The zero-order valence-electron chi connectivity index (χ0n) is 11.1. The second-order valence-corrected chi connectivity index (χ2v) is 4.19. The van der Waals surface area contributed by atoms with Gasteiger partial charge in [0.15, 0.2) is 0 Å². The average molecular weight is 271 g/mol. The van der Waals surface area contributed by atoms with Gasteiger partial charge in [-0.15, -0.1) is 0 Å². The molecule has 2 rings (SSSR count). The van der Waals surface area contributed by atoms with Crippen LogP contribution in [-0.2, 0) is 6.61 Å². The summed E-state index contributed by atoms with van der Waals surface area (Å²) in [4.78, 5) is 4.30. The number of benzene rings is 1. The lowest BCUT2D eigenvalue weighted by atomic mass is 10.2. The van der Waals surface area contributed by atoms with Crippen molar-refractivity contribution in [3.8, 4) is 17.6 Å². The van der Waals surface area contributed by atoms with Crippen molar-refractivity contribution in [3.05, 3.63) is 59.2 Å². The SMILES string of the molecule is Cc1cccc(COc2cc(F)cc(C#CCO)c2)n1. The molecule has 0 aliphatic carbocycles. The first-order valence-corrected chi connectivity index (χ1v) is 6.13. The first-order chi connectivity index (χ1) is 9.67. The van der Waals surface area contributed by atoms with Crippen molar-refractivity contribution < 1.29 is 14.2 Å². The summed E-state index contributed by atoms with van der Waals surface area (Å²) >= 11 is 0. The van der Waals surface area contributed by atoms with Crippen molar-refractivity contribution >= 4 is 0 Å². The summed E-state index contributed by atoms with van der Waals surface area (Å²) < 4.78 is 18.9. The van der Waals surface area contributed by atoms with Gasteiger partial charge in [0.05, 0.1) is 5.69 Å². The molecule has 0 saturated carbocycles. The van der Waals surface area contributed by atoms with Gasteiger partial charge in [-0.05, 0) is 31.2 Å². The fraction of sp³-hybridized carbons (Fsp3) is 0.188. The van der Waals surface area contributed by atoms with E-state index in [1.54, 1.807) is 6.07 Å². The minimum atomic E-state index is -0.429. The second-order valence-electron chi connectivity index (χ2n) is 4.19. The molecule has 0 atom stereocenters. The Balaban J connectivity index is 2.11. The molecule has 0 bridgehead atoms. The number of ether oxygens (including phenoxy) is 1. The lowest BCUT2D eigenvalue weighted by Crippen LogP contribution is -1.99. The second kappa shape index (κ2) is 6.69. The zero-order chi connectivity index (χ0) is 14.4. The number of nitrogens with zero attached hydrogens (tertiary/aromatic N) is 1. The third kappa shape index (κ3) is 4.08. The lowest BCUT2D eigenvalue weighted by molar-refractivity contribution is 0.299. The van der Waals surface area contributed by atoms with Crippen LogP contribution in [0.25, 0.3) is 0 Å². The summed E-state index contributed by atoms with van der Waals surface area (Å²) in [6, 6.07) is 9.85. The van der Waals surface area contributed by atoms with Crippen LogP contribution in [0, 0.1) is 24.6 Å². The van der Waals surface area contributed by atoms with Crippen molar-refractivity contribution in [2.24, 2.45) is 0 Å². The minimum absolute atomic E-state index is 0.262. The highest BCUT2D eigenvalue weighted by Crippen LogP contribution is 2.17. The fourth-order valence-corrected chi connectivity index (χ4v) is 1.70. The molecule has 4 heteroatoms. The van der Waals surface area contributed by atoms with Crippen LogP contribution in [0.5, 0.6) is 5.75 Å². The van der Waals surface area contributed by atoms with Crippen LogP contribution in [0.1, 0.15) is 17.0 Å². The maximum Gasteiger partial charge on any atom is 0.130 e. The zero-order valence-corrected chi connectivity index (χ0v) is 11.1. The van der Waals surface area contributed by atoms with E-state index in [9.17, 15) is 4.39 Å². The summed E-state index contributed by atoms with van der Waals surface area (Å²) in [5, 5.41) is 8.64. The van der Waals surface area contributed by atoms with E-state index in [0.717, 1.165) is 11.4 Å². The molecule has 0 amide bonds. The topological polar surface area (TPSA) is 42.4 Å². The van der Waals surface area contributed by atoms with Gasteiger partial charge in [-0.1, -0.05) is 17.9 Å². The van der Waals surface area contributed by atoms with Gasteiger partial charge in [0.2, 0.25) is 0 Å².